The van der Waals surface area contributed by atoms with Crippen LogP contribution in [0.1, 0.15) is 58.4 Å². The Morgan fingerprint density at radius 1 is 1.23 bits per heavy atom. The summed E-state index contributed by atoms with van der Waals surface area (Å²) in [4.78, 5) is 14.3. The van der Waals surface area contributed by atoms with E-state index in [1.54, 1.807) is 0 Å². The molecule has 0 radical (unpaired) electrons. The Bertz CT molecular complexity index is 464. The van der Waals surface area contributed by atoms with E-state index in [1.807, 2.05) is 25.7 Å². The molecule has 1 heterocycles. The third kappa shape index (κ3) is 5.36. The number of nitrogens with zero attached hydrogens (tertiary/aromatic N) is 1. The predicted molar refractivity (Wildman–Crippen MR) is 90.0 cm³/mol. The lowest BCUT2D eigenvalue weighted by Gasteiger charge is -2.37. The zero-order valence-electron chi connectivity index (χ0n) is 14.2. The Hall–Kier alpha value is -1.51. The summed E-state index contributed by atoms with van der Waals surface area (Å²) in [7, 11) is 0. The summed E-state index contributed by atoms with van der Waals surface area (Å²) >= 11 is 0. The summed E-state index contributed by atoms with van der Waals surface area (Å²) < 4.78 is 5.56. The highest BCUT2D eigenvalue weighted by molar-refractivity contribution is 5.68. The first-order valence-electron chi connectivity index (χ1n) is 8.49. The van der Waals surface area contributed by atoms with Gasteiger partial charge < -0.3 is 9.64 Å². The third-order valence-electron chi connectivity index (χ3n) is 4.10. The van der Waals surface area contributed by atoms with Gasteiger partial charge in [0.2, 0.25) is 0 Å². The first-order valence-corrected chi connectivity index (χ1v) is 8.49. The van der Waals surface area contributed by atoms with Gasteiger partial charge in [0.25, 0.3) is 0 Å². The first kappa shape index (κ1) is 16.9. The van der Waals surface area contributed by atoms with Gasteiger partial charge in [-0.2, -0.15) is 0 Å². The van der Waals surface area contributed by atoms with Crippen molar-refractivity contribution in [1.82, 2.24) is 4.90 Å². The van der Waals surface area contributed by atoms with Crippen LogP contribution in [0.5, 0.6) is 0 Å². The number of carbonyl (C=O) groups excluding carboxylic acids is 1. The molecule has 1 aromatic rings. The van der Waals surface area contributed by atoms with Gasteiger partial charge in [-0.3, -0.25) is 0 Å². The predicted octanol–water partition coefficient (Wildman–Crippen LogP) is 4.80. The second-order valence-electron chi connectivity index (χ2n) is 7.20. The van der Waals surface area contributed by atoms with Gasteiger partial charge in [0.05, 0.1) is 0 Å². The van der Waals surface area contributed by atoms with E-state index in [-0.39, 0.29) is 6.09 Å². The van der Waals surface area contributed by atoms with Crippen LogP contribution in [0.15, 0.2) is 30.3 Å². The fourth-order valence-corrected chi connectivity index (χ4v) is 3.05. The van der Waals surface area contributed by atoms with Gasteiger partial charge in [-0.25, -0.2) is 4.79 Å². The monoisotopic (exact) mass is 303 g/mol. The minimum absolute atomic E-state index is 0.142. The maximum absolute atomic E-state index is 12.4. The summed E-state index contributed by atoms with van der Waals surface area (Å²) in [5.74, 6) is 0. The Labute approximate surface area is 134 Å². The molecule has 1 fully saturated rings. The number of carbonyl (C=O) groups is 1. The van der Waals surface area contributed by atoms with Gasteiger partial charge in [-0.05, 0) is 64.9 Å². The molecule has 1 unspecified atom stereocenters. The average molecular weight is 303 g/mol. The summed E-state index contributed by atoms with van der Waals surface area (Å²) in [6.07, 6.45) is 6.54. The van der Waals surface area contributed by atoms with Crippen molar-refractivity contribution in [3.63, 3.8) is 0 Å². The molecule has 1 atom stereocenters. The van der Waals surface area contributed by atoms with Gasteiger partial charge >= 0.3 is 6.09 Å². The Kier molecular flexibility index (Phi) is 5.87. The standard InChI is InChI=1S/C19H29NO2/c1-19(2,3)22-18(21)20-15-8-7-13-17(20)14-9-12-16-10-5-4-6-11-16/h4-6,10-11,17H,7-9,12-15H2,1-3H3. The zero-order valence-corrected chi connectivity index (χ0v) is 14.2. The molecule has 0 spiro atoms. The van der Waals surface area contributed by atoms with Gasteiger partial charge in [0.15, 0.2) is 0 Å². The van der Waals surface area contributed by atoms with E-state index >= 15 is 0 Å². The van der Waals surface area contributed by atoms with E-state index in [4.69, 9.17) is 4.74 Å². The van der Waals surface area contributed by atoms with E-state index < -0.39 is 5.60 Å². The van der Waals surface area contributed by atoms with Crippen LogP contribution in [0, 0.1) is 0 Å². The molecule has 0 aromatic heterocycles. The molecule has 3 nitrogen and oxygen atoms in total. The van der Waals surface area contributed by atoms with Crippen molar-refractivity contribution >= 4 is 6.09 Å². The van der Waals surface area contributed by atoms with Crippen molar-refractivity contribution in [2.24, 2.45) is 0 Å². The van der Waals surface area contributed by atoms with Crippen molar-refractivity contribution in [2.45, 2.75) is 70.9 Å². The second-order valence-corrected chi connectivity index (χ2v) is 7.20. The molecule has 22 heavy (non-hydrogen) atoms. The van der Waals surface area contributed by atoms with Crippen LogP contribution in [0.3, 0.4) is 0 Å². The molecule has 0 bridgehead atoms. The van der Waals surface area contributed by atoms with Crippen molar-refractivity contribution in [3.05, 3.63) is 35.9 Å². The Morgan fingerprint density at radius 3 is 2.64 bits per heavy atom. The smallest absolute Gasteiger partial charge is 0.410 e. The van der Waals surface area contributed by atoms with Crippen LogP contribution in [-0.2, 0) is 11.2 Å². The van der Waals surface area contributed by atoms with Crippen molar-refractivity contribution < 1.29 is 9.53 Å². The molecule has 122 valence electrons. The lowest BCUT2D eigenvalue weighted by Crippen LogP contribution is -2.46. The van der Waals surface area contributed by atoms with Crippen LogP contribution in [-0.4, -0.2) is 29.2 Å². The summed E-state index contributed by atoms with van der Waals surface area (Å²) in [5, 5.41) is 0. The number of amides is 1. The molecule has 1 amide bonds. The van der Waals surface area contributed by atoms with Crippen LogP contribution < -0.4 is 0 Å². The number of hydrogen-bond donors (Lipinski definition) is 0. The maximum Gasteiger partial charge on any atom is 0.410 e. The van der Waals surface area contributed by atoms with Gasteiger partial charge in [-0.15, -0.1) is 0 Å². The quantitative estimate of drug-likeness (QED) is 0.799. The Morgan fingerprint density at radius 2 is 1.95 bits per heavy atom. The molecule has 0 N–H and O–H groups in total. The first-order chi connectivity index (χ1) is 10.5. The topological polar surface area (TPSA) is 29.5 Å². The molecular formula is C19H29NO2. The zero-order chi connectivity index (χ0) is 16.0. The molecule has 1 aliphatic heterocycles. The number of piperidine rings is 1. The van der Waals surface area contributed by atoms with Crippen LogP contribution >= 0.6 is 0 Å². The molecule has 0 saturated carbocycles. The molecule has 3 heteroatoms. The fraction of sp³-hybridized carbons (Fsp3) is 0.632. The number of benzene rings is 1. The number of hydrogen-bond acceptors (Lipinski definition) is 2. The normalized spacial score (nSPS) is 19.0. The molecule has 0 aliphatic carbocycles. The fourth-order valence-electron chi connectivity index (χ4n) is 3.05. The summed E-state index contributed by atoms with van der Waals surface area (Å²) in [5.41, 5.74) is 0.963. The lowest BCUT2D eigenvalue weighted by atomic mass is 9.96. The van der Waals surface area contributed by atoms with E-state index in [1.165, 1.54) is 12.0 Å². The molecule has 1 saturated heterocycles. The molecular weight excluding hydrogens is 274 g/mol. The highest BCUT2D eigenvalue weighted by atomic mass is 16.6. The van der Waals surface area contributed by atoms with Gasteiger partial charge in [0, 0.05) is 12.6 Å². The summed E-state index contributed by atoms with van der Waals surface area (Å²) in [6.45, 7) is 6.63. The molecule has 2 rings (SSSR count). The molecule has 1 aromatic carbocycles. The van der Waals surface area contributed by atoms with Gasteiger partial charge in [-0.1, -0.05) is 30.3 Å². The van der Waals surface area contributed by atoms with Crippen LogP contribution in [0.2, 0.25) is 0 Å². The Balaban J connectivity index is 1.85. The van der Waals surface area contributed by atoms with E-state index in [2.05, 4.69) is 30.3 Å². The number of ether oxygens (including phenoxy) is 1. The highest BCUT2D eigenvalue weighted by Crippen LogP contribution is 2.24. The van der Waals surface area contributed by atoms with E-state index in [0.717, 1.165) is 38.6 Å². The van der Waals surface area contributed by atoms with Crippen molar-refractivity contribution in [2.75, 3.05) is 6.54 Å². The maximum atomic E-state index is 12.4. The lowest BCUT2D eigenvalue weighted by molar-refractivity contribution is 0.00867. The number of likely N-dealkylation sites (tertiary alicyclic amines) is 1. The summed E-state index contributed by atoms with van der Waals surface area (Å²) in [6, 6.07) is 10.9. The largest absolute Gasteiger partial charge is 0.444 e. The third-order valence-corrected chi connectivity index (χ3v) is 4.10. The highest BCUT2D eigenvalue weighted by Gasteiger charge is 2.29. The van der Waals surface area contributed by atoms with Gasteiger partial charge in [0.1, 0.15) is 5.60 Å². The number of aryl methyl sites for hydroxylation is 1. The SMILES string of the molecule is CC(C)(C)OC(=O)N1CCCCC1CCCc1ccccc1. The number of rotatable bonds is 4. The van der Waals surface area contributed by atoms with Crippen LogP contribution in [0.4, 0.5) is 4.79 Å². The van der Waals surface area contributed by atoms with Crippen molar-refractivity contribution in [3.8, 4) is 0 Å². The minimum atomic E-state index is -0.414. The minimum Gasteiger partial charge on any atom is -0.444 e. The van der Waals surface area contributed by atoms with E-state index in [9.17, 15) is 4.79 Å². The second kappa shape index (κ2) is 7.66. The van der Waals surface area contributed by atoms with Crippen molar-refractivity contribution in [1.29, 1.82) is 0 Å². The van der Waals surface area contributed by atoms with Crippen LogP contribution in [0.25, 0.3) is 0 Å². The van der Waals surface area contributed by atoms with E-state index in [0.29, 0.717) is 6.04 Å². The average Bonchev–Trinajstić information content (AvgIpc) is 2.47. The molecule has 1 aliphatic rings.